The second-order valence-corrected chi connectivity index (χ2v) is 5.48. The zero-order valence-electron chi connectivity index (χ0n) is 7.22. The summed E-state index contributed by atoms with van der Waals surface area (Å²) in [5, 5.41) is 10.0. The Labute approximate surface area is 85.8 Å². The standard InChI is InChI=1S/C8H12N2OS2/c11-6-3-1-2-4-7(6)12-8-9-5-10-13-8/h5-7,11H,1-4H2/t6-,7-/m1/s1. The predicted octanol–water partition coefficient (Wildman–Crippen LogP) is 1.93. The number of aliphatic hydroxyl groups is 1. The Balaban J connectivity index is 1.93. The maximum absolute atomic E-state index is 9.70. The summed E-state index contributed by atoms with van der Waals surface area (Å²) in [6.45, 7) is 0. The molecule has 0 amide bonds. The van der Waals surface area contributed by atoms with E-state index in [2.05, 4.69) is 9.36 Å². The largest absolute Gasteiger partial charge is 0.392 e. The van der Waals surface area contributed by atoms with Gasteiger partial charge in [0, 0.05) is 5.25 Å². The molecule has 0 spiro atoms. The van der Waals surface area contributed by atoms with Crippen LogP contribution in [0.1, 0.15) is 25.7 Å². The van der Waals surface area contributed by atoms with Gasteiger partial charge in [-0.25, -0.2) is 4.98 Å². The molecule has 5 heteroatoms. The molecule has 1 fully saturated rings. The molecule has 1 heterocycles. The normalized spacial score (nSPS) is 29.0. The highest BCUT2D eigenvalue weighted by molar-refractivity contribution is 8.01. The molecule has 13 heavy (non-hydrogen) atoms. The summed E-state index contributed by atoms with van der Waals surface area (Å²) in [5.74, 6) is 0. The van der Waals surface area contributed by atoms with Gasteiger partial charge in [0.15, 0.2) is 4.34 Å². The van der Waals surface area contributed by atoms with Crippen LogP contribution in [0.2, 0.25) is 0 Å². The molecule has 1 aromatic heterocycles. The van der Waals surface area contributed by atoms with Crippen molar-refractivity contribution in [3.8, 4) is 0 Å². The van der Waals surface area contributed by atoms with Gasteiger partial charge in [0.1, 0.15) is 6.33 Å². The average Bonchev–Trinajstić information content (AvgIpc) is 2.61. The van der Waals surface area contributed by atoms with Crippen LogP contribution in [-0.4, -0.2) is 25.8 Å². The van der Waals surface area contributed by atoms with Gasteiger partial charge in [0.2, 0.25) is 0 Å². The first-order chi connectivity index (χ1) is 6.36. The number of nitrogens with zero attached hydrogens (tertiary/aromatic N) is 2. The molecule has 2 atom stereocenters. The van der Waals surface area contributed by atoms with Crippen molar-refractivity contribution in [1.29, 1.82) is 0 Å². The quantitative estimate of drug-likeness (QED) is 0.820. The van der Waals surface area contributed by atoms with E-state index < -0.39 is 0 Å². The summed E-state index contributed by atoms with van der Waals surface area (Å²) in [5.41, 5.74) is 0. The lowest BCUT2D eigenvalue weighted by Gasteiger charge is -2.25. The van der Waals surface area contributed by atoms with Gasteiger partial charge in [0.25, 0.3) is 0 Å². The highest BCUT2D eigenvalue weighted by Gasteiger charge is 2.24. The lowest BCUT2D eigenvalue weighted by Crippen LogP contribution is -2.26. The van der Waals surface area contributed by atoms with Crippen molar-refractivity contribution in [3.05, 3.63) is 6.33 Å². The van der Waals surface area contributed by atoms with E-state index >= 15 is 0 Å². The fourth-order valence-electron chi connectivity index (χ4n) is 1.56. The van der Waals surface area contributed by atoms with E-state index in [0.717, 1.165) is 23.6 Å². The molecular formula is C8H12N2OS2. The molecule has 1 saturated carbocycles. The molecule has 1 aliphatic carbocycles. The van der Waals surface area contributed by atoms with Crippen molar-refractivity contribution in [3.63, 3.8) is 0 Å². The Morgan fingerprint density at radius 1 is 1.46 bits per heavy atom. The molecule has 0 radical (unpaired) electrons. The summed E-state index contributed by atoms with van der Waals surface area (Å²) < 4.78 is 4.92. The fourth-order valence-corrected chi connectivity index (χ4v) is 3.45. The topological polar surface area (TPSA) is 46.0 Å². The number of aliphatic hydroxyl groups excluding tert-OH is 1. The van der Waals surface area contributed by atoms with Crippen LogP contribution in [0.4, 0.5) is 0 Å². The van der Waals surface area contributed by atoms with Gasteiger partial charge >= 0.3 is 0 Å². The van der Waals surface area contributed by atoms with Crippen LogP contribution in [0.3, 0.4) is 0 Å². The van der Waals surface area contributed by atoms with Crippen molar-refractivity contribution in [2.24, 2.45) is 0 Å². The van der Waals surface area contributed by atoms with E-state index in [0.29, 0.717) is 5.25 Å². The molecule has 0 unspecified atom stereocenters. The van der Waals surface area contributed by atoms with Crippen molar-refractivity contribution >= 4 is 23.3 Å². The maximum atomic E-state index is 9.70. The summed E-state index contributed by atoms with van der Waals surface area (Å²) >= 11 is 3.08. The highest BCUT2D eigenvalue weighted by Crippen LogP contribution is 2.33. The van der Waals surface area contributed by atoms with Gasteiger partial charge in [-0.3, -0.25) is 0 Å². The molecule has 1 N–H and O–H groups in total. The lowest BCUT2D eigenvalue weighted by atomic mass is 9.97. The minimum atomic E-state index is -0.150. The second-order valence-electron chi connectivity index (χ2n) is 3.22. The molecule has 1 aromatic rings. The van der Waals surface area contributed by atoms with Crippen molar-refractivity contribution in [2.45, 2.75) is 41.4 Å². The molecule has 0 aliphatic heterocycles. The lowest BCUT2D eigenvalue weighted by molar-refractivity contribution is 0.137. The summed E-state index contributed by atoms with van der Waals surface area (Å²) in [4.78, 5) is 4.10. The highest BCUT2D eigenvalue weighted by atomic mass is 32.2. The third-order valence-corrected chi connectivity index (χ3v) is 4.39. The SMILES string of the molecule is O[C@@H]1CCCC[C@H]1Sc1ncns1. The van der Waals surface area contributed by atoms with Gasteiger partial charge in [0.05, 0.1) is 6.10 Å². The number of thioether (sulfide) groups is 1. The molecule has 1 aliphatic rings. The van der Waals surface area contributed by atoms with Gasteiger partial charge in [-0.1, -0.05) is 24.6 Å². The van der Waals surface area contributed by atoms with Crippen LogP contribution < -0.4 is 0 Å². The Morgan fingerprint density at radius 2 is 2.31 bits per heavy atom. The van der Waals surface area contributed by atoms with E-state index in [1.165, 1.54) is 18.0 Å². The Kier molecular flexibility index (Phi) is 3.18. The summed E-state index contributed by atoms with van der Waals surface area (Å²) in [6, 6.07) is 0. The smallest absolute Gasteiger partial charge is 0.170 e. The molecule has 0 aromatic carbocycles. The minimum absolute atomic E-state index is 0.150. The monoisotopic (exact) mass is 216 g/mol. The van der Waals surface area contributed by atoms with Gasteiger partial charge in [-0.15, -0.1) is 0 Å². The summed E-state index contributed by atoms with van der Waals surface area (Å²) in [6.07, 6.45) is 5.86. The second kappa shape index (κ2) is 4.39. The van der Waals surface area contributed by atoms with E-state index in [-0.39, 0.29) is 6.10 Å². The van der Waals surface area contributed by atoms with Gasteiger partial charge in [-0.2, -0.15) is 4.37 Å². The van der Waals surface area contributed by atoms with Crippen LogP contribution in [0.5, 0.6) is 0 Å². The predicted molar refractivity (Wildman–Crippen MR) is 54.0 cm³/mol. The molecule has 3 nitrogen and oxygen atoms in total. The van der Waals surface area contributed by atoms with Crippen LogP contribution in [0, 0.1) is 0 Å². The average molecular weight is 216 g/mol. The first kappa shape index (κ1) is 9.43. The van der Waals surface area contributed by atoms with Crippen LogP contribution in [0.15, 0.2) is 10.7 Å². The van der Waals surface area contributed by atoms with Crippen LogP contribution in [-0.2, 0) is 0 Å². The van der Waals surface area contributed by atoms with Gasteiger partial charge in [-0.05, 0) is 24.4 Å². The summed E-state index contributed by atoms with van der Waals surface area (Å²) in [7, 11) is 0. The first-order valence-corrected chi connectivity index (χ1v) is 6.13. The number of hydrogen-bond acceptors (Lipinski definition) is 5. The third kappa shape index (κ3) is 2.42. The van der Waals surface area contributed by atoms with E-state index in [1.54, 1.807) is 18.1 Å². The van der Waals surface area contributed by atoms with Crippen molar-refractivity contribution in [2.75, 3.05) is 0 Å². The van der Waals surface area contributed by atoms with E-state index in [4.69, 9.17) is 0 Å². The number of hydrogen-bond donors (Lipinski definition) is 1. The Bertz CT molecular complexity index is 253. The fraction of sp³-hybridized carbons (Fsp3) is 0.750. The molecule has 0 bridgehead atoms. The molecular weight excluding hydrogens is 204 g/mol. The number of rotatable bonds is 2. The molecule has 72 valence electrons. The van der Waals surface area contributed by atoms with Crippen LogP contribution >= 0.6 is 23.3 Å². The van der Waals surface area contributed by atoms with Gasteiger partial charge < -0.3 is 5.11 Å². The zero-order chi connectivity index (χ0) is 9.10. The Hall–Kier alpha value is -0.130. The minimum Gasteiger partial charge on any atom is -0.392 e. The van der Waals surface area contributed by atoms with Crippen molar-refractivity contribution in [1.82, 2.24) is 9.36 Å². The number of aromatic nitrogens is 2. The van der Waals surface area contributed by atoms with Crippen molar-refractivity contribution < 1.29 is 5.11 Å². The maximum Gasteiger partial charge on any atom is 0.170 e. The first-order valence-electron chi connectivity index (χ1n) is 4.47. The van der Waals surface area contributed by atoms with E-state index in [1.807, 2.05) is 0 Å². The third-order valence-electron chi connectivity index (χ3n) is 2.26. The Morgan fingerprint density at radius 3 is 3.00 bits per heavy atom. The van der Waals surface area contributed by atoms with Crippen LogP contribution in [0.25, 0.3) is 0 Å². The molecule has 0 saturated heterocycles. The molecule has 2 rings (SSSR count). The zero-order valence-corrected chi connectivity index (χ0v) is 8.85. The van der Waals surface area contributed by atoms with E-state index in [9.17, 15) is 5.11 Å².